The standard InChI is InChI=1S/C26H35N3O3/c1-27(2)22-10-5-8-20(16-22)25(30)29-15-13-26(19-29)12-7-14-28(18-26)17-21-9-6-11-23(31-3)24(21)32-4/h5-6,8-11,16H,7,12-15,17-19H2,1-4H3/t26-/m0/s1. The first-order valence-electron chi connectivity index (χ1n) is 11.4. The van der Waals surface area contributed by atoms with Gasteiger partial charge in [-0.3, -0.25) is 9.69 Å². The number of ether oxygens (including phenoxy) is 2. The number of anilines is 1. The van der Waals surface area contributed by atoms with Gasteiger partial charge in [-0.15, -0.1) is 0 Å². The molecule has 0 saturated carbocycles. The molecule has 6 nitrogen and oxygen atoms in total. The van der Waals surface area contributed by atoms with Crippen molar-refractivity contribution in [3.63, 3.8) is 0 Å². The van der Waals surface area contributed by atoms with Crippen molar-refractivity contribution >= 4 is 11.6 Å². The van der Waals surface area contributed by atoms with Crippen LogP contribution >= 0.6 is 0 Å². The number of carbonyl (C=O) groups is 1. The van der Waals surface area contributed by atoms with Crippen molar-refractivity contribution in [1.29, 1.82) is 0 Å². The van der Waals surface area contributed by atoms with E-state index in [4.69, 9.17) is 9.47 Å². The molecule has 1 amide bonds. The Hall–Kier alpha value is -2.73. The number of para-hydroxylation sites is 1. The van der Waals surface area contributed by atoms with Gasteiger partial charge in [-0.25, -0.2) is 0 Å². The molecule has 2 aromatic carbocycles. The summed E-state index contributed by atoms with van der Waals surface area (Å²) in [7, 11) is 7.38. The lowest BCUT2D eigenvalue weighted by Crippen LogP contribution is -2.45. The number of benzene rings is 2. The monoisotopic (exact) mass is 437 g/mol. The van der Waals surface area contributed by atoms with Crippen molar-refractivity contribution in [2.45, 2.75) is 25.8 Å². The van der Waals surface area contributed by atoms with Gasteiger partial charge < -0.3 is 19.3 Å². The minimum Gasteiger partial charge on any atom is -0.493 e. The molecule has 0 aliphatic carbocycles. The Morgan fingerprint density at radius 1 is 1.03 bits per heavy atom. The van der Waals surface area contributed by atoms with Crippen LogP contribution in [0.4, 0.5) is 5.69 Å². The summed E-state index contributed by atoms with van der Waals surface area (Å²) in [5, 5.41) is 0. The van der Waals surface area contributed by atoms with Crippen LogP contribution in [0.1, 0.15) is 35.2 Å². The molecule has 2 aromatic rings. The van der Waals surface area contributed by atoms with Crippen molar-refractivity contribution in [3.8, 4) is 11.5 Å². The maximum atomic E-state index is 13.2. The highest BCUT2D eigenvalue weighted by Crippen LogP contribution is 2.41. The molecule has 2 heterocycles. The van der Waals surface area contributed by atoms with Gasteiger partial charge in [0.15, 0.2) is 11.5 Å². The second-order valence-electron chi connectivity index (χ2n) is 9.39. The SMILES string of the molecule is COc1cccc(CN2CCC[C@]3(CCN(C(=O)c4cccc(N(C)C)c4)C3)C2)c1OC. The number of nitrogens with zero attached hydrogens (tertiary/aromatic N) is 3. The van der Waals surface area contributed by atoms with Crippen LogP contribution in [-0.2, 0) is 6.54 Å². The Labute approximate surface area is 191 Å². The van der Waals surface area contributed by atoms with Crippen LogP contribution in [0.2, 0.25) is 0 Å². The van der Waals surface area contributed by atoms with Crippen LogP contribution in [0, 0.1) is 5.41 Å². The topological polar surface area (TPSA) is 45.2 Å². The van der Waals surface area contributed by atoms with Gasteiger partial charge in [-0.2, -0.15) is 0 Å². The zero-order chi connectivity index (χ0) is 22.7. The fraction of sp³-hybridized carbons (Fsp3) is 0.500. The van der Waals surface area contributed by atoms with Crippen LogP contribution in [0.3, 0.4) is 0 Å². The molecule has 1 atom stereocenters. The van der Waals surface area contributed by atoms with E-state index in [9.17, 15) is 4.79 Å². The van der Waals surface area contributed by atoms with Crippen molar-refractivity contribution in [1.82, 2.24) is 9.80 Å². The van der Waals surface area contributed by atoms with E-state index in [2.05, 4.69) is 15.9 Å². The smallest absolute Gasteiger partial charge is 0.253 e. The molecule has 0 unspecified atom stereocenters. The Morgan fingerprint density at radius 3 is 2.59 bits per heavy atom. The van der Waals surface area contributed by atoms with Crippen LogP contribution in [0.25, 0.3) is 0 Å². The number of likely N-dealkylation sites (tertiary alicyclic amines) is 2. The Kier molecular flexibility index (Phi) is 6.60. The van der Waals surface area contributed by atoms with Crippen LogP contribution in [0.15, 0.2) is 42.5 Å². The van der Waals surface area contributed by atoms with Crippen molar-refractivity contribution in [2.75, 3.05) is 59.4 Å². The third kappa shape index (κ3) is 4.56. The van der Waals surface area contributed by atoms with Crippen LogP contribution < -0.4 is 14.4 Å². The quantitative estimate of drug-likeness (QED) is 0.686. The highest BCUT2D eigenvalue weighted by molar-refractivity contribution is 5.95. The van der Waals surface area contributed by atoms with Gasteiger partial charge in [0, 0.05) is 62.5 Å². The van der Waals surface area contributed by atoms with Crippen molar-refractivity contribution in [3.05, 3.63) is 53.6 Å². The first-order valence-corrected chi connectivity index (χ1v) is 11.4. The lowest BCUT2D eigenvalue weighted by atomic mass is 9.79. The Balaban J connectivity index is 1.45. The molecule has 6 heteroatoms. The molecular formula is C26H35N3O3. The predicted molar refractivity (Wildman–Crippen MR) is 128 cm³/mol. The average Bonchev–Trinajstić information content (AvgIpc) is 3.21. The molecule has 2 aliphatic heterocycles. The van der Waals surface area contributed by atoms with E-state index >= 15 is 0 Å². The van der Waals surface area contributed by atoms with Gasteiger partial charge in [-0.1, -0.05) is 18.2 Å². The number of hydrogen-bond acceptors (Lipinski definition) is 5. The lowest BCUT2D eigenvalue weighted by Gasteiger charge is -2.40. The summed E-state index contributed by atoms with van der Waals surface area (Å²) in [6.07, 6.45) is 3.41. The summed E-state index contributed by atoms with van der Waals surface area (Å²) in [6.45, 7) is 4.59. The molecule has 32 heavy (non-hydrogen) atoms. The Bertz CT molecular complexity index is 961. The molecule has 2 aliphatic rings. The summed E-state index contributed by atoms with van der Waals surface area (Å²) in [5.74, 6) is 1.74. The molecule has 0 bridgehead atoms. The summed E-state index contributed by atoms with van der Waals surface area (Å²) in [5.41, 5.74) is 3.16. The third-order valence-electron chi connectivity index (χ3n) is 6.95. The Morgan fingerprint density at radius 2 is 1.84 bits per heavy atom. The van der Waals surface area contributed by atoms with E-state index < -0.39 is 0 Å². The highest BCUT2D eigenvalue weighted by atomic mass is 16.5. The molecular weight excluding hydrogens is 402 g/mol. The maximum absolute atomic E-state index is 13.2. The van der Waals surface area contributed by atoms with E-state index in [1.807, 2.05) is 55.4 Å². The van der Waals surface area contributed by atoms with E-state index in [-0.39, 0.29) is 11.3 Å². The van der Waals surface area contributed by atoms with Crippen molar-refractivity contribution in [2.24, 2.45) is 5.41 Å². The van der Waals surface area contributed by atoms with Crippen molar-refractivity contribution < 1.29 is 14.3 Å². The summed E-state index contributed by atoms with van der Waals surface area (Å²) < 4.78 is 11.1. The predicted octanol–water partition coefficient (Wildman–Crippen LogP) is 3.90. The number of hydrogen-bond donors (Lipinski definition) is 0. The largest absolute Gasteiger partial charge is 0.493 e. The van der Waals surface area contributed by atoms with Crippen LogP contribution in [0.5, 0.6) is 11.5 Å². The zero-order valence-electron chi connectivity index (χ0n) is 19.8. The van der Waals surface area contributed by atoms with Gasteiger partial charge in [0.05, 0.1) is 14.2 Å². The van der Waals surface area contributed by atoms with E-state index in [0.717, 1.165) is 73.9 Å². The molecule has 2 saturated heterocycles. The lowest BCUT2D eigenvalue weighted by molar-refractivity contribution is 0.0673. The third-order valence-corrected chi connectivity index (χ3v) is 6.95. The number of rotatable bonds is 6. The minimum atomic E-state index is 0.150. The summed E-state index contributed by atoms with van der Waals surface area (Å²) in [6, 6.07) is 14.0. The average molecular weight is 438 g/mol. The number of amides is 1. The summed E-state index contributed by atoms with van der Waals surface area (Å²) >= 11 is 0. The normalized spacial score (nSPS) is 21.1. The first-order chi connectivity index (χ1) is 15.4. The maximum Gasteiger partial charge on any atom is 0.253 e. The van der Waals surface area contributed by atoms with Gasteiger partial charge in [0.2, 0.25) is 0 Å². The minimum absolute atomic E-state index is 0.150. The molecule has 4 rings (SSSR count). The van der Waals surface area contributed by atoms with Crippen LogP contribution in [-0.4, -0.2) is 70.2 Å². The molecule has 2 fully saturated rings. The molecule has 1 spiro atoms. The van der Waals surface area contributed by atoms with Gasteiger partial charge in [-0.05, 0) is 50.1 Å². The van der Waals surface area contributed by atoms with Gasteiger partial charge in [0.25, 0.3) is 5.91 Å². The first kappa shape index (κ1) is 22.5. The van der Waals surface area contributed by atoms with E-state index in [1.165, 1.54) is 6.42 Å². The second kappa shape index (κ2) is 9.41. The molecule has 172 valence electrons. The number of piperidine rings is 1. The molecule has 0 aromatic heterocycles. The summed E-state index contributed by atoms with van der Waals surface area (Å²) in [4.78, 5) is 19.8. The van der Waals surface area contributed by atoms with E-state index in [0.29, 0.717) is 0 Å². The van der Waals surface area contributed by atoms with E-state index in [1.54, 1.807) is 14.2 Å². The van der Waals surface area contributed by atoms with Gasteiger partial charge in [0.1, 0.15) is 0 Å². The zero-order valence-corrected chi connectivity index (χ0v) is 19.8. The number of carbonyl (C=O) groups excluding carboxylic acids is 1. The fourth-order valence-corrected chi connectivity index (χ4v) is 5.31. The molecule has 0 radical (unpaired) electrons. The molecule has 0 N–H and O–H groups in total. The highest BCUT2D eigenvalue weighted by Gasteiger charge is 2.43. The fourth-order valence-electron chi connectivity index (χ4n) is 5.31. The number of methoxy groups -OCH3 is 2. The second-order valence-corrected chi connectivity index (χ2v) is 9.39. The van der Waals surface area contributed by atoms with Gasteiger partial charge >= 0.3 is 0 Å².